The van der Waals surface area contributed by atoms with E-state index in [1.54, 1.807) is 19.6 Å². The zero-order chi connectivity index (χ0) is 28.1. The van der Waals surface area contributed by atoms with Crippen molar-refractivity contribution in [1.29, 1.82) is 0 Å². The first-order valence-electron chi connectivity index (χ1n) is 10.4. The number of oxime groups is 1. The van der Waals surface area contributed by atoms with E-state index in [-0.39, 0.29) is 0 Å². The summed E-state index contributed by atoms with van der Waals surface area (Å²) in [6.07, 6.45) is 8.44. The SMILES string of the molecule is COc1ccc(C(CCn2ccnc2)=NOCCN)cc1.O=C(O)C=CC(=O)O.O=C(O)C=CC(=O)O. The van der Waals surface area contributed by atoms with Gasteiger partial charge in [0.15, 0.2) is 0 Å². The van der Waals surface area contributed by atoms with E-state index in [9.17, 15) is 19.2 Å². The first-order valence-corrected chi connectivity index (χ1v) is 10.4. The molecule has 2 aromatic rings. The highest BCUT2D eigenvalue weighted by Crippen LogP contribution is 2.14. The molecule has 0 aliphatic heterocycles. The summed E-state index contributed by atoms with van der Waals surface area (Å²) < 4.78 is 7.17. The van der Waals surface area contributed by atoms with Crippen molar-refractivity contribution in [2.45, 2.75) is 13.0 Å². The van der Waals surface area contributed by atoms with Crippen LogP contribution in [0.4, 0.5) is 0 Å². The normalized spacial score (nSPS) is 10.6. The van der Waals surface area contributed by atoms with E-state index in [1.165, 1.54) is 0 Å². The summed E-state index contributed by atoms with van der Waals surface area (Å²) in [7, 11) is 1.65. The fraction of sp³-hybridized carbons (Fsp3) is 0.217. The second-order valence-electron chi connectivity index (χ2n) is 6.46. The predicted molar refractivity (Wildman–Crippen MR) is 130 cm³/mol. The Bertz CT molecular complexity index is 996. The van der Waals surface area contributed by atoms with E-state index >= 15 is 0 Å². The van der Waals surface area contributed by atoms with Crippen LogP contribution < -0.4 is 10.5 Å². The van der Waals surface area contributed by atoms with Gasteiger partial charge in [-0.05, 0) is 29.8 Å². The first kappa shape index (κ1) is 32.0. The molecule has 1 aromatic carbocycles. The number of aliphatic carboxylic acids is 4. The van der Waals surface area contributed by atoms with Gasteiger partial charge < -0.3 is 40.3 Å². The van der Waals surface area contributed by atoms with Gasteiger partial charge in [0.1, 0.15) is 12.4 Å². The van der Waals surface area contributed by atoms with Crippen LogP contribution in [0.2, 0.25) is 0 Å². The maximum atomic E-state index is 9.55. The highest BCUT2D eigenvalue weighted by Gasteiger charge is 2.06. The Kier molecular flexibility index (Phi) is 16.7. The second kappa shape index (κ2) is 19.3. The number of hydrogen-bond acceptors (Lipinski definition) is 9. The highest BCUT2D eigenvalue weighted by atomic mass is 16.6. The summed E-state index contributed by atoms with van der Waals surface area (Å²) >= 11 is 0. The van der Waals surface area contributed by atoms with E-state index in [0.29, 0.717) is 37.5 Å². The van der Waals surface area contributed by atoms with Crippen LogP contribution in [0.3, 0.4) is 0 Å². The maximum absolute atomic E-state index is 9.55. The summed E-state index contributed by atoms with van der Waals surface area (Å²) in [6, 6.07) is 7.75. The van der Waals surface area contributed by atoms with Gasteiger partial charge in [-0.25, -0.2) is 24.2 Å². The molecule has 2 rings (SSSR count). The quantitative estimate of drug-likeness (QED) is 0.115. The number of carboxylic acid groups (broad SMARTS) is 4. The molecule has 14 nitrogen and oxygen atoms in total. The summed E-state index contributed by atoms with van der Waals surface area (Å²) in [5, 5.41) is 35.4. The fourth-order valence-corrected chi connectivity index (χ4v) is 2.14. The largest absolute Gasteiger partial charge is 0.497 e. The Morgan fingerprint density at radius 3 is 1.84 bits per heavy atom. The number of ether oxygens (including phenoxy) is 1. The van der Waals surface area contributed by atoms with Gasteiger partial charge in [-0.15, -0.1) is 0 Å². The van der Waals surface area contributed by atoms with Crippen molar-refractivity contribution in [3.05, 3.63) is 72.9 Å². The lowest BCUT2D eigenvalue weighted by atomic mass is 10.1. The number of nitrogens with two attached hydrogens (primary N) is 1. The van der Waals surface area contributed by atoms with E-state index in [1.807, 2.05) is 35.0 Å². The Labute approximate surface area is 211 Å². The molecule has 0 unspecified atom stereocenters. The molecule has 6 N–H and O–H groups in total. The number of methoxy groups -OCH3 is 1. The van der Waals surface area contributed by atoms with Crippen LogP contribution in [0.15, 0.2) is 72.4 Å². The molecule has 0 aliphatic rings. The van der Waals surface area contributed by atoms with Gasteiger partial charge in [-0.2, -0.15) is 0 Å². The van der Waals surface area contributed by atoms with E-state index in [0.717, 1.165) is 30.0 Å². The van der Waals surface area contributed by atoms with Gasteiger partial charge in [-0.1, -0.05) is 5.16 Å². The summed E-state index contributed by atoms with van der Waals surface area (Å²) in [6.45, 7) is 1.64. The molecule has 0 fully saturated rings. The summed E-state index contributed by atoms with van der Waals surface area (Å²) in [4.78, 5) is 47.5. The van der Waals surface area contributed by atoms with E-state index in [2.05, 4.69) is 10.1 Å². The summed E-state index contributed by atoms with van der Waals surface area (Å²) in [5.41, 5.74) is 7.30. The van der Waals surface area contributed by atoms with Crippen molar-refractivity contribution in [3.63, 3.8) is 0 Å². The van der Waals surface area contributed by atoms with E-state index < -0.39 is 23.9 Å². The van der Waals surface area contributed by atoms with Gasteiger partial charge >= 0.3 is 23.9 Å². The number of hydrogen-bond donors (Lipinski definition) is 5. The van der Waals surface area contributed by atoms with Crippen LogP contribution in [-0.2, 0) is 30.6 Å². The summed E-state index contributed by atoms with van der Waals surface area (Å²) in [5.74, 6) is -4.21. The number of benzene rings is 1. The molecule has 1 heterocycles. The van der Waals surface area contributed by atoms with Gasteiger partial charge in [0.2, 0.25) is 0 Å². The zero-order valence-electron chi connectivity index (χ0n) is 19.8. The third-order valence-corrected chi connectivity index (χ3v) is 3.71. The van der Waals surface area contributed by atoms with Crippen LogP contribution >= 0.6 is 0 Å². The minimum absolute atomic E-state index is 0.407. The molecule has 0 amide bonds. The van der Waals surface area contributed by atoms with Crippen molar-refractivity contribution in [2.24, 2.45) is 10.9 Å². The average Bonchev–Trinajstić information content (AvgIpc) is 3.38. The van der Waals surface area contributed by atoms with Gasteiger partial charge in [0.25, 0.3) is 0 Å². The molecular weight excluding hydrogens is 492 g/mol. The van der Waals surface area contributed by atoms with Crippen LogP contribution in [-0.4, -0.2) is 79.8 Å². The number of rotatable bonds is 12. The molecule has 1 aromatic heterocycles. The molecule has 200 valence electrons. The number of aryl methyl sites for hydroxylation is 1. The molecule has 0 aliphatic carbocycles. The number of nitrogens with zero attached hydrogens (tertiary/aromatic N) is 3. The lowest BCUT2D eigenvalue weighted by molar-refractivity contribution is -0.134. The number of imidazole rings is 1. The number of carbonyl (C=O) groups is 4. The second-order valence-corrected chi connectivity index (χ2v) is 6.46. The lowest BCUT2D eigenvalue weighted by Gasteiger charge is -2.08. The Hall–Kier alpha value is -4.98. The standard InChI is InChI=1S/C15H20N4O2.2C4H4O4/c1-20-14-4-2-13(3-5-14)15(18-21-11-7-16)6-9-19-10-8-17-12-19;2*5-3(6)1-2-4(7)8/h2-5,8,10,12H,6-7,9,11,16H2,1H3;2*1-2H,(H,5,6)(H,7,8). The molecule has 0 spiro atoms. The minimum atomic E-state index is -1.26. The van der Waals surface area contributed by atoms with Crippen LogP contribution in [0, 0.1) is 0 Å². The third kappa shape index (κ3) is 18.1. The Morgan fingerprint density at radius 1 is 0.946 bits per heavy atom. The third-order valence-electron chi connectivity index (χ3n) is 3.71. The Morgan fingerprint density at radius 2 is 1.46 bits per heavy atom. The van der Waals surface area contributed by atoms with Crippen molar-refractivity contribution in [1.82, 2.24) is 9.55 Å². The fourth-order valence-electron chi connectivity index (χ4n) is 2.14. The van der Waals surface area contributed by atoms with Crippen molar-refractivity contribution < 1.29 is 49.2 Å². The molecule has 0 bridgehead atoms. The number of carboxylic acids is 4. The monoisotopic (exact) mass is 520 g/mol. The first-order chi connectivity index (χ1) is 17.6. The van der Waals surface area contributed by atoms with Crippen LogP contribution in [0.25, 0.3) is 0 Å². The van der Waals surface area contributed by atoms with Crippen molar-refractivity contribution in [3.8, 4) is 5.75 Å². The van der Waals surface area contributed by atoms with E-state index in [4.69, 9.17) is 35.7 Å². The van der Waals surface area contributed by atoms with Gasteiger partial charge in [0, 0.05) is 56.2 Å². The molecule has 0 saturated carbocycles. The van der Waals surface area contributed by atoms with Crippen LogP contribution in [0.5, 0.6) is 5.75 Å². The minimum Gasteiger partial charge on any atom is -0.497 e. The predicted octanol–water partition coefficient (Wildman–Crippen LogP) is 1.09. The molecule has 0 atom stereocenters. The zero-order valence-corrected chi connectivity index (χ0v) is 19.8. The molecule has 0 radical (unpaired) electrons. The number of aromatic nitrogens is 2. The maximum Gasteiger partial charge on any atom is 0.328 e. The highest BCUT2D eigenvalue weighted by molar-refractivity contribution is 6.00. The molecular formula is C23H28N4O10. The van der Waals surface area contributed by atoms with Gasteiger partial charge in [-0.3, -0.25) is 0 Å². The Balaban J connectivity index is 0.000000669. The van der Waals surface area contributed by atoms with Gasteiger partial charge in [0.05, 0.1) is 19.1 Å². The molecule has 14 heteroatoms. The molecule has 0 saturated heterocycles. The average molecular weight is 520 g/mol. The topological polar surface area (TPSA) is 224 Å². The molecule has 37 heavy (non-hydrogen) atoms. The smallest absolute Gasteiger partial charge is 0.328 e. The lowest BCUT2D eigenvalue weighted by Crippen LogP contribution is -2.10. The van der Waals surface area contributed by atoms with Crippen molar-refractivity contribution in [2.75, 3.05) is 20.3 Å². The van der Waals surface area contributed by atoms with Crippen LogP contribution in [0.1, 0.15) is 12.0 Å². The van der Waals surface area contributed by atoms with Crippen molar-refractivity contribution >= 4 is 29.6 Å².